The van der Waals surface area contributed by atoms with Gasteiger partial charge in [-0.3, -0.25) is 14.6 Å². The number of fused-ring (bicyclic) bond motifs is 1. The number of likely N-dealkylation sites (tertiary alicyclic amines) is 1. The molecule has 1 atom stereocenters. The van der Waals surface area contributed by atoms with Crippen LogP contribution in [-0.2, 0) is 13.6 Å². The zero-order valence-electron chi connectivity index (χ0n) is 16.0. The summed E-state index contributed by atoms with van der Waals surface area (Å²) in [5, 5.41) is 4.23. The standard InChI is InChI=1S/C22H24N4O2/c1-25-14-18(13-24-25)17-4-6-19(23-12-17)15-26-8-2-3-20(26)16-5-7-21-22(11-16)28-10-9-27-21/h4-7,11-14,20H,2-3,8-10,15H2,1H3/t20-/m1/s1. The summed E-state index contributed by atoms with van der Waals surface area (Å²) in [4.78, 5) is 7.21. The molecule has 0 amide bonds. The van der Waals surface area contributed by atoms with Gasteiger partial charge in [-0.2, -0.15) is 5.10 Å². The average Bonchev–Trinajstić information content (AvgIpc) is 3.37. The molecule has 1 saturated heterocycles. The van der Waals surface area contributed by atoms with Crippen LogP contribution in [0.4, 0.5) is 0 Å². The van der Waals surface area contributed by atoms with Crippen LogP contribution in [0.2, 0.25) is 0 Å². The van der Waals surface area contributed by atoms with Crippen molar-refractivity contribution in [1.82, 2.24) is 19.7 Å². The third-order valence-corrected chi connectivity index (χ3v) is 5.54. The quantitative estimate of drug-likeness (QED) is 0.697. The first-order valence-electron chi connectivity index (χ1n) is 9.84. The van der Waals surface area contributed by atoms with Crippen molar-refractivity contribution in [1.29, 1.82) is 0 Å². The van der Waals surface area contributed by atoms with E-state index in [0.29, 0.717) is 19.3 Å². The molecule has 6 heteroatoms. The van der Waals surface area contributed by atoms with Gasteiger partial charge in [0.05, 0.1) is 11.9 Å². The molecule has 1 aromatic carbocycles. The second-order valence-corrected chi connectivity index (χ2v) is 7.47. The Kier molecular flexibility index (Phi) is 4.49. The molecule has 2 aromatic heterocycles. The van der Waals surface area contributed by atoms with Crippen molar-refractivity contribution in [3.63, 3.8) is 0 Å². The summed E-state index contributed by atoms with van der Waals surface area (Å²) < 4.78 is 13.2. The predicted octanol–water partition coefficient (Wildman–Crippen LogP) is 3.59. The number of nitrogens with zero attached hydrogens (tertiary/aromatic N) is 4. The predicted molar refractivity (Wildman–Crippen MR) is 106 cm³/mol. The Balaban J connectivity index is 1.32. The number of benzene rings is 1. The monoisotopic (exact) mass is 376 g/mol. The van der Waals surface area contributed by atoms with Gasteiger partial charge in [-0.1, -0.05) is 12.1 Å². The van der Waals surface area contributed by atoms with E-state index in [9.17, 15) is 0 Å². The molecule has 2 aliphatic rings. The molecule has 1 fully saturated rings. The Labute approximate surface area is 164 Å². The van der Waals surface area contributed by atoms with E-state index in [2.05, 4.69) is 34.3 Å². The molecule has 4 heterocycles. The molecule has 0 saturated carbocycles. The van der Waals surface area contributed by atoms with Crippen LogP contribution in [0, 0.1) is 0 Å². The van der Waals surface area contributed by atoms with Crippen molar-refractivity contribution in [2.24, 2.45) is 7.05 Å². The minimum Gasteiger partial charge on any atom is -0.486 e. The minimum atomic E-state index is 0.399. The van der Waals surface area contributed by atoms with E-state index >= 15 is 0 Å². The molecule has 0 N–H and O–H groups in total. The molecule has 5 rings (SSSR count). The smallest absolute Gasteiger partial charge is 0.161 e. The van der Waals surface area contributed by atoms with Gasteiger partial charge in [-0.05, 0) is 43.1 Å². The molecule has 144 valence electrons. The molecule has 2 aliphatic heterocycles. The van der Waals surface area contributed by atoms with E-state index in [0.717, 1.165) is 47.8 Å². The molecular weight excluding hydrogens is 352 g/mol. The minimum absolute atomic E-state index is 0.399. The lowest BCUT2D eigenvalue weighted by Gasteiger charge is -2.26. The van der Waals surface area contributed by atoms with Crippen LogP contribution in [-0.4, -0.2) is 39.4 Å². The van der Waals surface area contributed by atoms with E-state index in [1.54, 1.807) is 0 Å². The maximum absolute atomic E-state index is 5.77. The molecule has 0 radical (unpaired) electrons. The van der Waals surface area contributed by atoms with E-state index in [-0.39, 0.29) is 0 Å². The Morgan fingerprint density at radius 3 is 2.71 bits per heavy atom. The normalized spacial score (nSPS) is 19.1. The summed E-state index contributed by atoms with van der Waals surface area (Å²) in [7, 11) is 1.93. The van der Waals surface area contributed by atoms with Crippen molar-refractivity contribution < 1.29 is 9.47 Å². The maximum atomic E-state index is 5.77. The summed E-state index contributed by atoms with van der Waals surface area (Å²) in [6.07, 6.45) is 8.19. The average molecular weight is 376 g/mol. The van der Waals surface area contributed by atoms with Crippen LogP contribution < -0.4 is 9.47 Å². The zero-order chi connectivity index (χ0) is 18.9. The lowest BCUT2D eigenvalue weighted by Crippen LogP contribution is -2.23. The van der Waals surface area contributed by atoms with Crippen LogP contribution >= 0.6 is 0 Å². The van der Waals surface area contributed by atoms with Crippen molar-refractivity contribution in [3.8, 4) is 22.6 Å². The van der Waals surface area contributed by atoms with Gasteiger partial charge >= 0.3 is 0 Å². The fourth-order valence-corrected chi connectivity index (χ4v) is 4.13. The first-order chi connectivity index (χ1) is 13.8. The number of ether oxygens (including phenoxy) is 2. The second-order valence-electron chi connectivity index (χ2n) is 7.47. The molecule has 3 aromatic rings. The molecule has 6 nitrogen and oxygen atoms in total. The van der Waals surface area contributed by atoms with Crippen molar-refractivity contribution in [2.45, 2.75) is 25.4 Å². The topological polar surface area (TPSA) is 52.4 Å². The van der Waals surface area contributed by atoms with Gasteiger partial charge in [0.2, 0.25) is 0 Å². The van der Waals surface area contributed by atoms with Crippen LogP contribution in [0.5, 0.6) is 11.5 Å². The Bertz CT molecular complexity index is 967. The number of hydrogen-bond donors (Lipinski definition) is 0. The van der Waals surface area contributed by atoms with Crippen molar-refractivity contribution in [3.05, 3.63) is 60.2 Å². The second kappa shape index (κ2) is 7.28. The first kappa shape index (κ1) is 17.3. The third kappa shape index (κ3) is 3.36. The van der Waals surface area contributed by atoms with Crippen molar-refractivity contribution in [2.75, 3.05) is 19.8 Å². The van der Waals surface area contributed by atoms with Crippen molar-refractivity contribution >= 4 is 0 Å². The van der Waals surface area contributed by atoms with Crippen LogP contribution in [0.1, 0.15) is 30.1 Å². The van der Waals surface area contributed by atoms with Gasteiger partial charge in [0.1, 0.15) is 13.2 Å². The third-order valence-electron chi connectivity index (χ3n) is 5.54. The Morgan fingerprint density at radius 1 is 1.04 bits per heavy atom. The molecule has 0 bridgehead atoms. The van der Waals surface area contributed by atoms with Crippen LogP contribution in [0.3, 0.4) is 0 Å². The van der Waals surface area contributed by atoms with E-state index in [1.165, 1.54) is 12.0 Å². The summed E-state index contributed by atoms with van der Waals surface area (Å²) in [5.41, 5.74) is 4.59. The summed E-state index contributed by atoms with van der Waals surface area (Å²) >= 11 is 0. The molecule has 0 spiro atoms. The number of hydrogen-bond acceptors (Lipinski definition) is 5. The van der Waals surface area contributed by atoms with Gasteiger partial charge in [-0.15, -0.1) is 0 Å². The Morgan fingerprint density at radius 2 is 1.93 bits per heavy atom. The van der Waals surface area contributed by atoms with Crippen LogP contribution in [0.15, 0.2) is 48.9 Å². The maximum Gasteiger partial charge on any atom is 0.161 e. The number of aryl methyl sites for hydroxylation is 1. The zero-order valence-corrected chi connectivity index (χ0v) is 16.0. The van der Waals surface area contributed by atoms with Gasteiger partial charge < -0.3 is 9.47 Å². The number of aromatic nitrogens is 3. The van der Waals surface area contributed by atoms with E-state index < -0.39 is 0 Å². The lowest BCUT2D eigenvalue weighted by molar-refractivity contribution is 0.170. The molecular formula is C22H24N4O2. The fraction of sp³-hybridized carbons (Fsp3) is 0.364. The molecule has 0 unspecified atom stereocenters. The Hall–Kier alpha value is -2.86. The molecule has 28 heavy (non-hydrogen) atoms. The highest BCUT2D eigenvalue weighted by Crippen LogP contribution is 2.38. The van der Waals surface area contributed by atoms with Crippen LogP contribution in [0.25, 0.3) is 11.1 Å². The largest absolute Gasteiger partial charge is 0.486 e. The summed E-state index contributed by atoms with van der Waals surface area (Å²) in [5.74, 6) is 1.72. The lowest BCUT2D eigenvalue weighted by atomic mass is 10.0. The highest BCUT2D eigenvalue weighted by Gasteiger charge is 2.27. The summed E-state index contributed by atoms with van der Waals surface area (Å²) in [6, 6.07) is 11.0. The summed E-state index contributed by atoms with van der Waals surface area (Å²) in [6.45, 7) is 3.19. The van der Waals surface area contributed by atoms with Gasteiger partial charge in [0, 0.05) is 43.2 Å². The number of rotatable bonds is 4. The first-order valence-corrected chi connectivity index (χ1v) is 9.84. The van der Waals surface area contributed by atoms with Gasteiger partial charge in [-0.25, -0.2) is 0 Å². The number of pyridine rings is 1. The van der Waals surface area contributed by atoms with E-state index in [4.69, 9.17) is 14.5 Å². The fourth-order valence-electron chi connectivity index (χ4n) is 4.13. The SMILES string of the molecule is Cn1cc(-c2ccc(CN3CCC[C@@H]3c3ccc4c(c3)OCCO4)nc2)cn1. The van der Waals surface area contributed by atoms with E-state index in [1.807, 2.05) is 36.4 Å². The molecule has 0 aliphatic carbocycles. The van der Waals surface area contributed by atoms with Gasteiger partial charge in [0.25, 0.3) is 0 Å². The highest BCUT2D eigenvalue weighted by atomic mass is 16.6. The van der Waals surface area contributed by atoms with Gasteiger partial charge in [0.15, 0.2) is 11.5 Å². The highest BCUT2D eigenvalue weighted by molar-refractivity contribution is 5.60.